The summed E-state index contributed by atoms with van der Waals surface area (Å²) in [5.74, 6) is -0.0674. The topological polar surface area (TPSA) is 89.7 Å². The summed E-state index contributed by atoms with van der Waals surface area (Å²) < 4.78 is 0. The Morgan fingerprint density at radius 2 is 2.25 bits per heavy atom. The molecule has 0 bridgehead atoms. The molecule has 5 heteroatoms. The summed E-state index contributed by atoms with van der Waals surface area (Å²) in [6, 6.07) is 5.47. The second kappa shape index (κ2) is 4.07. The molecule has 4 N–H and O–H groups in total. The van der Waals surface area contributed by atoms with Gasteiger partial charge in [0.15, 0.2) is 0 Å². The first-order valence-corrected chi connectivity index (χ1v) is 3.32. The van der Waals surface area contributed by atoms with E-state index < -0.39 is 0 Å². The Bertz CT molecular complexity index is 286. The first-order valence-electron chi connectivity index (χ1n) is 3.32. The second-order valence-electron chi connectivity index (χ2n) is 2.02. The lowest BCUT2D eigenvalue weighted by atomic mass is 10.4. The number of nitrogens with zero attached hydrogens (tertiary/aromatic N) is 3. The molecule has 62 valence electrons. The average molecular weight is 163 g/mol. The molecule has 0 spiro atoms. The fourth-order valence-corrected chi connectivity index (χ4v) is 0.607. The molecule has 0 atom stereocenters. The quantitative estimate of drug-likeness (QED) is 0.356. The van der Waals surface area contributed by atoms with Crippen LogP contribution in [-0.4, -0.2) is 17.2 Å². The van der Waals surface area contributed by atoms with E-state index in [1.54, 1.807) is 12.3 Å². The van der Waals surface area contributed by atoms with Gasteiger partial charge in [0.1, 0.15) is 0 Å². The van der Waals surface area contributed by atoms with Gasteiger partial charge in [0, 0.05) is 6.20 Å². The number of hydrogen-bond acceptors (Lipinski definition) is 3. The summed E-state index contributed by atoms with van der Waals surface area (Å²) in [6.07, 6.45) is 3.14. The largest absolute Gasteiger partial charge is 0.369 e. The predicted molar refractivity (Wildman–Crippen MR) is 47.6 cm³/mol. The molecule has 1 rings (SSSR count). The molecule has 1 heterocycles. The summed E-state index contributed by atoms with van der Waals surface area (Å²) in [5, 5.41) is 7.01. The van der Waals surface area contributed by atoms with Crippen LogP contribution in [0.3, 0.4) is 0 Å². The summed E-state index contributed by atoms with van der Waals surface area (Å²) in [7, 11) is 0. The Morgan fingerprint density at radius 1 is 1.42 bits per heavy atom. The monoisotopic (exact) mass is 163 g/mol. The third-order valence-electron chi connectivity index (χ3n) is 1.05. The number of rotatable bonds is 2. The Morgan fingerprint density at radius 3 is 2.83 bits per heavy atom. The maximum atomic E-state index is 5.05. The number of nitrogens with two attached hydrogens (primary N) is 2. The van der Waals surface area contributed by atoms with Crippen LogP contribution in [0.4, 0.5) is 0 Å². The van der Waals surface area contributed by atoms with E-state index in [1.165, 1.54) is 6.21 Å². The average Bonchev–Trinajstić information content (AvgIpc) is 2.05. The van der Waals surface area contributed by atoms with Crippen molar-refractivity contribution in [3.63, 3.8) is 0 Å². The lowest BCUT2D eigenvalue weighted by Crippen LogP contribution is -2.21. The van der Waals surface area contributed by atoms with Crippen molar-refractivity contribution in [2.45, 2.75) is 0 Å². The molecule has 0 unspecified atom stereocenters. The van der Waals surface area contributed by atoms with Crippen LogP contribution >= 0.6 is 0 Å². The molecule has 1 aromatic heterocycles. The Hall–Kier alpha value is -1.91. The highest BCUT2D eigenvalue weighted by atomic mass is 15.3. The lowest BCUT2D eigenvalue weighted by molar-refractivity contribution is 1.20. The molecule has 0 saturated heterocycles. The van der Waals surface area contributed by atoms with Crippen LogP contribution in [-0.2, 0) is 0 Å². The standard InChI is InChI=1S/C7H9N5/c8-7(9)12-11-5-6-3-1-2-4-10-6/h1-5H,(H4,8,9,12)/b11-5-. The van der Waals surface area contributed by atoms with Crippen molar-refractivity contribution in [2.75, 3.05) is 0 Å². The summed E-state index contributed by atoms with van der Waals surface area (Å²) in [6.45, 7) is 0. The van der Waals surface area contributed by atoms with Crippen molar-refractivity contribution in [3.05, 3.63) is 30.1 Å². The minimum atomic E-state index is -0.0674. The lowest BCUT2D eigenvalue weighted by Gasteiger charge is -1.87. The molecule has 5 nitrogen and oxygen atoms in total. The maximum Gasteiger partial charge on any atom is 0.211 e. The van der Waals surface area contributed by atoms with E-state index in [0.717, 1.165) is 0 Å². The first kappa shape index (κ1) is 8.19. The van der Waals surface area contributed by atoms with Crippen molar-refractivity contribution in [1.29, 1.82) is 0 Å². The molecule has 0 aliphatic rings. The molecule has 0 aromatic carbocycles. The minimum Gasteiger partial charge on any atom is -0.369 e. The van der Waals surface area contributed by atoms with Gasteiger partial charge >= 0.3 is 0 Å². The Labute approximate surface area is 69.8 Å². The zero-order chi connectivity index (χ0) is 8.81. The molecule has 0 saturated carbocycles. The van der Waals surface area contributed by atoms with Gasteiger partial charge in [-0.2, -0.15) is 5.10 Å². The van der Waals surface area contributed by atoms with Crippen LogP contribution in [0.2, 0.25) is 0 Å². The highest BCUT2D eigenvalue weighted by Gasteiger charge is 1.83. The number of aromatic nitrogens is 1. The summed E-state index contributed by atoms with van der Waals surface area (Å²) in [5.41, 5.74) is 10.8. The van der Waals surface area contributed by atoms with Crippen LogP contribution in [0.25, 0.3) is 0 Å². The molecule has 0 aliphatic heterocycles. The normalized spacial score (nSPS) is 10.0. The van der Waals surface area contributed by atoms with Gasteiger partial charge in [-0.05, 0) is 12.1 Å². The van der Waals surface area contributed by atoms with Gasteiger partial charge in [0.2, 0.25) is 5.96 Å². The zero-order valence-electron chi connectivity index (χ0n) is 6.38. The van der Waals surface area contributed by atoms with Crippen LogP contribution in [0.1, 0.15) is 5.69 Å². The van der Waals surface area contributed by atoms with E-state index >= 15 is 0 Å². The predicted octanol–water partition coefficient (Wildman–Crippen LogP) is -0.311. The molecular weight excluding hydrogens is 154 g/mol. The highest BCUT2D eigenvalue weighted by Crippen LogP contribution is 1.87. The molecule has 0 radical (unpaired) electrons. The van der Waals surface area contributed by atoms with E-state index in [9.17, 15) is 0 Å². The number of guanidine groups is 1. The zero-order valence-corrected chi connectivity index (χ0v) is 6.38. The van der Waals surface area contributed by atoms with E-state index in [4.69, 9.17) is 11.5 Å². The van der Waals surface area contributed by atoms with Gasteiger partial charge in [-0.3, -0.25) is 4.98 Å². The second-order valence-corrected chi connectivity index (χ2v) is 2.02. The third kappa shape index (κ3) is 2.78. The minimum absolute atomic E-state index is 0.0674. The van der Waals surface area contributed by atoms with Crippen LogP contribution in [0.5, 0.6) is 0 Å². The van der Waals surface area contributed by atoms with Crippen molar-refractivity contribution in [3.8, 4) is 0 Å². The molecule has 12 heavy (non-hydrogen) atoms. The Balaban J connectivity index is 2.64. The fraction of sp³-hybridized carbons (Fsp3) is 0. The molecular formula is C7H9N5. The first-order chi connectivity index (χ1) is 5.79. The summed E-state index contributed by atoms with van der Waals surface area (Å²) >= 11 is 0. The number of hydrogen-bond donors (Lipinski definition) is 2. The smallest absolute Gasteiger partial charge is 0.211 e. The van der Waals surface area contributed by atoms with Crippen molar-refractivity contribution in [1.82, 2.24) is 4.98 Å². The third-order valence-corrected chi connectivity index (χ3v) is 1.05. The molecule has 0 fully saturated rings. The number of pyridine rings is 1. The van der Waals surface area contributed by atoms with Crippen LogP contribution in [0.15, 0.2) is 34.6 Å². The molecule has 1 aromatic rings. The highest BCUT2D eigenvalue weighted by molar-refractivity contribution is 5.79. The van der Waals surface area contributed by atoms with Gasteiger partial charge in [-0.1, -0.05) is 6.07 Å². The fourth-order valence-electron chi connectivity index (χ4n) is 0.607. The van der Waals surface area contributed by atoms with E-state index in [1.807, 2.05) is 12.1 Å². The van der Waals surface area contributed by atoms with Crippen molar-refractivity contribution < 1.29 is 0 Å². The summed E-state index contributed by atoms with van der Waals surface area (Å²) in [4.78, 5) is 3.98. The van der Waals surface area contributed by atoms with Gasteiger partial charge in [-0.25, -0.2) is 0 Å². The van der Waals surface area contributed by atoms with Gasteiger partial charge < -0.3 is 11.5 Å². The molecule has 0 aliphatic carbocycles. The van der Waals surface area contributed by atoms with E-state index in [-0.39, 0.29) is 5.96 Å². The van der Waals surface area contributed by atoms with Crippen molar-refractivity contribution in [2.24, 2.45) is 21.7 Å². The van der Waals surface area contributed by atoms with Crippen LogP contribution in [0, 0.1) is 0 Å². The van der Waals surface area contributed by atoms with Crippen molar-refractivity contribution >= 4 is 12.2 Å². The maximum absolute atomic E-state index is 5.05. The van der Waals surface area contributed by atoms with E-state index in [2.05, 4.69) is 15.2 Å². The van der Waals surface area contributed by atoms with Crippen LogP contribution < -0.4 is 11.5 Å². The molecule has 0 amide bonds. The van der Waals surface area contributed by atoms with Gasteiger partial charge in [0.25, 0.3) is 0 Å². The van der Waals surface area contributed by atoms with Gasteiger partial charge in [0.05, 0.1) is 11.9 Å². The van der Waals surface area contributed by atoms with Gasteiger partial charge in [-0.15, -0.1) is 5.10 Å². The Kier molecular flexibility index (Phi) is 2.78. The SMILES string of the molecule is NC(N)=N/N=C\c1ccccn1. The van der Waals surface area contributed by atoms with E-state index in [0.29, 0.717) is 5.69 Å².